The molecule has 0 atom stereocenters. The van der Waals surface area contributed by atoms with Crippen molar-refractivity contribution in [3.8, 4) is 0 Å². The summed E-state index contributed by atoms with van der Waals surface area (Å²) in [6.45, 7) is 4.21. The van der Waals surface area contributed by atoms with Gasteiger partial charge in [0.15, 0.2) is 0 Å². The highest BCUT2D eigenvalue weighted by molar-refractivity contribution is 6.31. The van der Waals surface area contributed by atoms with Gasteiger partial charge < -0.3 is 4.74 Å². The average Bonchev–Trinajstić information content (AvgIpc) is 2.21. The molecular weight excluding hydrogens is 212 g/mol. The highest BCUT2D eigenvalue weighted by Gasteiger charge is 2.06. The summed E-state index contributed by atoms with van der Waals surface area (Å²) in [7, 11) is 0. The molecule has 3 heteroatoms. The smallest absolute Gasteiger partial charge is 0.306 e. The standard InChI is InChI=1S/C12H15ClO2/c1-3-15-12(14)8-7-10-5-4-6-11(13)9(10)2/h4-6H,3,7-8H2,1-2H3. The SMILES string of the molecule is CCOC(=O)CCc1cccc(Cl)c1C. The number of ether oxygens (including phenoxy) is 1. The lowest BCUT2D eigenvalue weighted by atomic mass is 10.0. The Hall–Kier alpha value is -1.02. The van der Waals surface area contributed by atoms with E-state index in [-0.39, 0.29) is 5.97 Å². The largest absolute Gasteiger partial charge is 0.466 e. The van der Waals surface area contributed by atoms with E-state index in [0.717, 1.165) is 16.1 Å². The third kappa shape index (κ3) is 3.56. The fourth-order valence-electron chi connectivity index (χ4n) is 1.39. The Kier molecular flexibility index (Phi) is 4.63. The van der Waals surface area contributed by atoms with Crippen LogP contribution in [0.5, 0.6) is 0 Å². The summed E-state index contributed by atoms with van der Waals surface area (Å²) in [5.74, 6) is -0.156. The molecule has 0 aliphatic heterocycles. The molecule has 0 saturated carbocycles. The Morgan fingerprint density at radius 2 is 2.20 bits per heavy atom. The molecule has 0 unspecified atom stereocenters. The molecule has 0 heterocycles. The van der Waals surface area contributed by atoms with Gasteiger partial charge in [0.1, 0.15) is 0 Å². The van der Waals surface area contributed by atoms with Gasteiger partial charge in [-0.2, -0.15) is 0 Å². The van der Waals surface area contributed by atoms with Gasteiger partial charge >= 0.3 is 5.97 Å². The van der Waals surface area contributed by atoms with E-state index in [1.54, 1.807) is 0 Å². The second-order valence-corrected chi connectivity index (χ2v) is 3.74. The minimum Gasteiger partial charge on any atom is -0.466 e. The summed E-state index contributed by atoms with van der Waals surface area (Å²) in [6, 6.07) is 5.74. The van der Waals surface area contributed by atoms with Gasteiger partial charge in [-0.3, -0.25) is 4.79 Å². The Morgan fingerprint density at radius 3 is 2.87 bits per heavy atom. The maximum absolute atomic E-state index is 11.2. The zero-order valence-electron chi connectivity index (χ0n) is 9.05. The van der Waals surface area contributed by atoms with Crippen LogP contribution in [-0.4, -0.2) is 12.6 Å². The zero-order valence-corrected chi connectivity index (χ0v) is 9.80. The Labute approximate surface area is 95.2 Å². The highest BCUT2D eigenvalue weighted by Crippen LogP contribution is 2.19. The molecule has 1 rings (SSSR count). The fourth-order valence-corrected chi connectivity index (χ4v) is 1.59. The van der Waals surface area contributed by atoms with Crippen molar-refractivity contribution in [2.24, 2.45) is 0 Å². The fraction of sp³-hybridized carbons (Fsp3) is 0.417. The molecule has 1 aromatic carbocycles. The van der Waals surface area contributed by atoms with Gasteiger partial charge in [-0.15, -0.1) is 0 Å². The molecule has 0 saturated heterocycles. The predicted octanol–water partition coefficient (Wildman–Crippen LogP) is 3.14. The molecule has 0 N–H and O–H groups in total. The molecular formula is C12H15ClO2. The van der Waals surface area contributed by atoms with Crippen LogP contribution in [0.1, 0.15) is 24.5 Å². The van der Waals surface area contributed by atoms with Crippen LogP contribution < -0.4 is 0 Å². The van der Waals surface area contributed by atoms with Gasteiger partial charge in [0.25, 0.3) is 0 Å². The van der Waals surface area contributed by atoms with Crippen LogP contribution >= 0.6 is 11.6 Å². The van der Waals surface area contributed by atoms with E-state index in [2.05, 4.69) is 0 Å². The number of hydrogen-bond acceptors (Lipinski definition) is 2. The second kappa shape index (κ2) is 5.76. The van der Waals surface area contributed by atoms with Crippen molar-refractivity contribution in [3.05, 3.63) is 34.3 Å². The van der Waals surface area contributed by atoms with Gasteiger partial charge in [-0.25, -0.2) is 0 Å². The number of hydrogen-bond donors (Lipinski definition) is 0. The van der Waals surface area contributed by atoms with E-state index in [4.69, 9.17) is 16.3 Å². The van der Waals surface area contributed by atoms with Gasteiger partial charge in [-0.1, -0.05) is 23.7 Å². The highest BCUT2D eigenvalue weighted by atomic mass is 35.5. The lowest BCUT2D eigenvalue weighted by molar-refractivity contribution is -0.143. The van der Waals surface area contributed by atoms with E-state index >= 15 is 0 Å². The first-order chi connectivity index (χ1) is 7.15. The lowest BCUT2D eigenvalue weighted by Crippen LogP contribution is -2.05. The number of benzene rings is 1. The van der Waals surface area contributed by atoms with Crippen LogP contribution in [-0.2, 0) is 16.0 Å². The number of rotatable bonds is 4. The topological polar surface area (TPSA) is 26.3 Å². The quantitative estimate of drug-likeness (QED) is 0.738. The van der Waals surface area contributed by atoms with Gasteiger partial charge in [0.05, 0.1) is 6.61 Å². The normalized spacial score (nSPS) is 10.1. The van der Waals surface area contributed by atoms with Crippen molar-refractivity contribution in [3.63, 3.8) is 0 Å². The third-order valence-electron chi connectivity index (χ3n) is 2.28. The van der Waals surface area contributed by atoms with Gasteiger partial charge in [0, 0.05) is 11.4 Å². The maximum atomic E-state index is 11.2. The predicted molar refractivity (Wildman–Crippen MR) is 61.1 cm³/mol. The van der Waals surface area contributed by atoms with Gasteiger partial charge in [-0.05, 0) is 37.5 Å². The minimum absolute atomic E-state index is 0.156. The number of esters is 1. The molecule has 0 amide bonds. The number of aryl methyl sites for hydroxylation is 1. The number of carbonyl (C=O) groups is 1. The molecule has 0 spiro atoms. The molecule has 2 nitrogen and oxygen atoms in total. The number of halogens is 1. The Morgan fingerprint density at radius 1 is 1.47 bits per heavy atom. The monoisotopic (exact) mass is 226 g/mol. The summed E-state index contributed by atoms with van der Waals surface area (Å²) in [4.78, 5) is 11.2. The van der Waals surface area contributed by atoms with Crippen molar-refractivity contribution < 1.29 is 9.53 Å². The van der Waals surface area contributed by atoms with Gasteiger partial charge in [0.2, 0.25) is 0 Å². The first kappa shape index (κ1) is 12.1. The maximum Gasteiger partial charge on any atom is 0.306 e. The average molecular weight is 227 g/mol. The Balaban J connectivity index is 2.58. The van der Waals surface area contributed by atoms with E-state index in [1.165, 1.54) is 0 Å². The van der Waals surface area contributed by atoms with Crippen LogP contribution in [0.15, 0.2) is 18.2 Å². The van der Waals surface area contributed by atoms with Crippen LogP contribution in [0.4, 0.5) is 0 Å². The number of carbonyl (C=O) groups excluding carboxylic acids is 1. The van der Waals surface area contributed by atoms with Crippen molar-refractivity contribution in [1.29, 1.82) is 0 Å². The Bertz CT molecular complexity index is 347. The first-order valence-corrected chi connectivity index (χ1v) is 5.42. The van der Waals surface area contributed by atoms with E-state index in [9.17, 15) is 4.79 Å². The lowest BCUT2D eigenvalue weighted by Gasteiger charge is -2.06. The van der Waals surface area contributed by atoms with Crippen molar-refractivity contribution in [2.45, 2.75) is 26.7 Å². The minimum atomic E-state index is -0.156. The molecule has 0 fully saturated rings. The molecule has 82 valence electrons. The molecule has 1 aromatic rings. The van der Waals surface area contributed by atoms with E-state index < -0.39 is 0 Å². The molecule has 0 aromatic heterocycles. The second-order valence-electron chi connectivity index (χ2n) is 3.33. The van der Waals surface area contributed by atoms with Crippen LogP contribution in [0, 0.1) is 6.92 Å². The first-order valence-electron chi connectivity index (χ1n) is 5.04. The molecule has 0 radical (unpaired) electrons. The summed E-state index contributed by atoms with van der Waals surface area (Å²) in [5, 5.41) is 0.747. The van der Waals surface area contributed by atoms with Crippen molar-refractivity contribution >= 4 is 17.6 Å². The van der Waals surface area contributed by atoms with E-state index in [0.29, 0.717) is 19.4 Å². The van der Waals surface area contributed by atoms with E-state index in [1.807, 2.05) is 32.0 Å². The molecule has 0 aliphatic rings. The zero-order chi connectivity index (χ0) is 11.3. The summed E-state index contributed by atoms with van der Waals surface area (Å²) in [5.41, 5.74) is 2.15. The molecule has 15 heavy (non-hydrogen) atoms. The molecule has 0 aliphatic carbocycles. The third-order valence-corrected chi connectivity index (χ3v) is 2.69. The van der Waals surface area contributed by atoms with Crippen LogP contribution in [0.2, 0.25) is 5.02 Å². The summed E-state index contributed by atoms with van der Waals surface area (Å²) >= 11 is 5.97. The van der Waals surface area contributed by atoms with Crippen LogP contribution in [0.3, 0.4) is 0 Å². The molecule has 0 bridgehead atoms. The summed E-state index contributed by atoms with van der Waals surface area (Å²) < 4.78 is 4.86. The van der Waals surface area contributed by atoms with Crippen molar-refractivity contribution in [2.75, 3.05) is 6.61 Å². The van der Waals surface area contributed by atoms with Crippen LogP contribution in [0.25, 0.3) is 0 Å². The summed E-state index contributed by atoms with van der Waals surface area (Å²) in [6.07, 6.45) is 1.10. The van der Waals surface area contributed by atoms with Crippen molar-refractivity contribution in [1.82, 2.24) is 0 Å².